The summed E-state index contributed by atoms with van der Waals surface area (Å²) in [5, 5.41) is 21.5. The number of rotatable bonds is 8. The molecule has 0 aliphatic carbocycles. The summed E-state index contributed by atoms with van der Waals surface area (Å²) in [6.07, 6.45) is 6.32. The summed E-state index contributed by atoms with van der Waals surface area (Å²) in [4.78, 5) is 12.4. The van der Waals surface area contributed by atoms with Crippen LogP contribution in [-0.4, -0.2) is 17.4 Å². The van der Waals surface area contributed by atoms with E-state index in [1.54, 1.807) is 11.3 Å². The fourth-order valence-electron chi connectivity index (χ4n) is 1.58. The summed E-state index contributed by atoms with van der Waals surface area (Å²) in [6, 6.07) is 3.96. The van der Waals surface area contributed by atoms with Gasteiger partial charge < -0.3 is 15.1 Å². The molecule has 4 nitrogen and oxygen atoms in total. The van der Waals surface area contributed by atoms with Crippen LogP contribution in [0.3, 0.4) is 0 Å². The van der Waals surface area contributed by atoms with Gasteiger partial charge in [-0.05, 0) is 37.8 Å². The van der Waals surface area contributed by atoms with E-state index in [0.717, 1.165) is 30.6 Å². The zero-order valence-electron chi connectivity index (χ0n) is 9.59. The molecular formula is C12H16NO3S-. The van der Waals surface area contributed by atoms with Gasteiger partial charge in [0.05, 0.1) is 6.21 Å². The quantitative estimate of drug-likeness (QED) is 0.333. The van der Waals surface area contributed by atoms with Crippen LogP contribution >= 0.6 is 11.3 Å². The summed E-state index contributed by atoms with van der Waals surface area (Å²) in [5.41, 5.74) is 0. The molecule has 0 saturated carbocycles. The van der Waals surface area contributed by atoms with E-state index in [1.165, 1.54) is 11.1 Å². The Morgan fingerprint density at radius 1 is 1.35 bits per heavy atom. The van der Waals surface area contributed by atoms with Gasteiger partial charge in [-0.2, -0.15) is 0 Å². The molecule has 1 heterocycles. The highest BCUT2D eigenvalue weighted by molar-refractivity contribution is 7.13. The van der Waals surface area contributed by atoms with Gasteiger partial charge in [0.1, 0.15) is 0 Å². The van der Waals surface area contributed by atoms with Gasteiger partial charge in [-0.25, -0.2) is 0 Å². The van der Waals surface area contributed by atoms with Crippen molar-refractivity contribution in [2.24, 2.45) is 5.16 Å². The number of carboxylic acids is 1. The highest BCUT2D eigenvalue weighted by Gasteiger charge is 1.98. The van der Waals surface area contributed by atoms with Crippen molar-refractivity contribution in [3.63, 3.8) is 0 Å². The molecule has 0 spiro atoms. The van der Waals surface area contributed by atoms with E-state index in [0.29, 0.717) is 6.42 Å². The second-order valence-electron chi connectivity index (χ2n) is 3.83. The molecule has 0 amide bonds. The third-order valence-electron chi connectivity index (χ3n) is 2.42. The molecular weight excluding hydrogens is 238 g/mol. The number of aliphatic carboxylic acids is 1. The van der Waals surface area contributed by atoms with Gasteiger partial charge in [-0.1, -0.05) is 18.0 Å². The molecule has 5 heteroatoms. The monoisotopic (exact) mass is 254 g/mol. The van der Waals surface area contributed by atoms with Crippen molar-refractivity contribution in [1.29, 1.82) is 0 Å². The molecule has 17 heavy (non-hydrogen) atoms. The molecule has 0 aromatic carbocycles. The largest absolute Gasteiger partial charge is 0.550 e. The molecule has 1 aromatic heterocycles. The van der Waals surface area contributed by atoms with Crippen LogP contribution in [0.4, 0.5) is 0 Å². The highest BCUT2D eigenvalue weighted by Crippen LogP contribution is 2.17. The number of hydrogen-bond donors (Lipinski definition) is 1. The van der Waals surface area contributed by atoms with E-state index < -0.39 is 5.97 Å². The minimum atomic E-state index is -0.962. The Hall–Kier alpha value is -1.36. The summed E-state index contributed by atoms with van der Waals surface area (Å²) >= 11 is 1.61. The Bertz CT molecular complexity index is 374. The average molecular weight is 254 g/mol. The standard InChI is InChI=1S/C12H17NO3S/c14-12(15)6-4-2-1-3-5-10-7-8-11(17-10)9-13-16/h7-9,16H,1-6H2,(H,14,15)/p-1/b13-9-. The van der Waals surface area contributed by atoms with Crippen LogP contribution in [0, 0.1) is 0 Å². The van der Waals surface area contributed by atoms with Gasteiger partial charge in [-0.3, -0.25) is 0 Å². The molecule has 94 valence electrons. The van der Waals surface area contributed by atoms with Gasteiger partial charge in [-0.15, -0.1) is 11.3 Å². The first kappa shape index (κ1) is 13.7. The molecule has 0 unspecified atom stereocenters. The van der Waals surface area contributed by atoms with Gasteiger partial charge in [0.2, 0.25) is 0 Å². The molecule has 0 radical (unpaired) electrons. The van der Waals surface area contributed by atoms with Crippen LogP contribution in [-0.2, 0) is 11.2 Å². The second-order valence-corrected chi connectivity index (χ2v) is 5.03. The Balaban J connectivity index is 2.11. The molecule has 1 N–H and O–H groups in total. The van der Waals surface area contributed by atoms with Crippen molar-refractivity contribution in [2.75, 3.05) is 0 Å². The minimum Gasteiger partial charge on any atom is -0.550 e. The predicted octanol–water partition coefficient (Wildman–Crippen LogP) is 1.80. The zero-order valence-corrected chi connectivity index (χ0v) is 10.4. The van der Waals surface area contributed by atoms with Crippen LogP contribution in [0.5, 0.6) is 0 Å². The number of aryl methyl sites for hydroxylation is 1. The summed E-state index contributed by atoms with van der Waals surface area (Å²) in [6.45, 7) is 0. The number of carboxylic acid groups (broad SMARTS) is 1. The molecule has 0 fully saturated rings. The smallest absolute Gasteiger partial charge is 0.0833 e. The lowest BCUT2D eigenvalue weighted by Gasteiger charge is -2.01. The van der Waals surface area contributed by atoms with E-state index in [2.05, 4.69) is 5.16 Å². The zero-order chi connectivity index (χ0) is 12.5. The molecule has 0 bridgehead atoms. The van der Waals surface area contributed by atoms with Crippen molar-refractivity contribution < 1.29 is 15.1 Å². The lowest BCUT2D eigenvalue weighted by atomic mass is 10.1. The van der Waals surface area contributed by atoms with E-state index in [9.17, 15) is 9.90 Å². The van der Waals surface area contributed by atoms with Crippen molar-refractivity contribution in [1.82, 2.24) is 0 Å². The van der Waals surface area contributed by atoms with Crippen molar-refractivity contribution in [3.05, 3.63) is 21.9 Å². The maximum Gasteiger partial charge on any atom is 0.0833 e. The first-order valence-electron chi connectivity index (χ1n) is 5.68. The minimum absolute atomic E-state index is 0.163. The third kappa shape index (κ3) is 6.06. The van der Waals surface area contributed by atoms with Gasteiger partial charge in [0, 0.05) is 15.7 Å². The summed E-state index contributed by atoms with van der Waals surface area (Å²) in [5.74, 6) is -0.962. The van der Waals surface area contributed by atoms with Crippen LogP contribution in [0.1, 0.15) is 41.9 Å². The van der Waals surface area contributed by atoms with E-state index >= 15 is 0 Å². The number of oxime groups is 1. The molecule has 0 atom stereocenters. The topological polar surface area (TPSA) is 72.7 Å². The van der Waals surface area contributed by atoms with E-state index in [4.69, 9.17) is 5.21 Å². The fraction of sp³-hybridized carbons (Fsp3) is 0.500. The van der Waals surface area contributed by atoms with Gasteiger partial charge in [0.15, 0.2) is 0 Å². The molecule has 0 aliphatic heterocycles. The van der Waals surface area contributed by atoms with Crippen LogP contribution in [0.2, 0.25) is 0 Å². The molecule has 1 rings (SSSR count). The number of thiophene rings is 1. The Kier molecular flexibility index (Phi) is 6.32. The van der Waals surface area contributed by atoms with Crippen molar-refractivity contribution >= 4 is 23.5 Å². The van der Waals surface area contributed by atoms with Crippen molar-refractivity contribution in [3.8, 4) is 0 Å². The maximum atomic E-state index is 10.2. The normalized spacial score (nSPS) is 11.1. The Labute approximate surface area is 105 Å². The first-order valence-corrected chi connectivity index (χ1v) is 6.50. The summed E-state index contributed by atoms with van der Waals surface area (Å²) < 4.78 is 0. The third-order valence-corrected chi connectivity index (χ3v) is 3.50. The Morgan fingerprint density at radius 3 is 2.82 bits per heavy atom. The first-order chi connectivity index (χ1) is 8.22. The lowest BCUT2D eigenvalue weighted by molar-refractivity contribution is -0.305. The SMILES string of the molecule is O=C([O-])CCCCCCc1ccc(/C=N\O)s1. The van der Waals surface area contributed by atoms with Gasteiger partial charge >= 0.3 is 0 Å². The fourth-order valence-corrected chi connectivity index (χ4v) is 2.50. The van der Waals surface area contributed by atoms with Crippen LogP contribution < -0.4 is 5.11 Å². The molecule has 0 aliphatic rings. The second kappa shape index (κ2) is 7.84. The van der Waals surface area contributed by atoms with E-state index in [-0.39, 0.29) is 6.42 Å². The number of unbranched alkanes of at least 4 members (excludes halogenated alkanes) is 3. The maximum absolute atomic E-state index is 10.2. The van der Waals surface area contributed by atoms with Crippen LogP contribution in [0.15, 0.2) is 17.3 Å². The lowest BCUT2D eigenvalue weighted by Crippen LogP contribution is -2.21. The number of hydrogen-bond acceptors (Lipinski definition) is 5. The number of carbonyl (C=O) groups excluding carboxylic acids is 1. The van der Waals surface area contributed by atoms with Crippen LogP contribution in [0.25, 0.3) is 0 Å². The van der Waals surface area contributed by atoms with E-state index in [1.807, 2.05) is 12.1 Å². The predicted molar refractivity (Wildman–Crippen MR) is 65.5 cm³/mol. The summed E-state index contributed by atoms with van der Waals surface area (Å²) in [7, 11) is 0. The van der Waals surface area contributed by atoms with Gasteiger partial charge in [0.25, 0.3) is 0 Å². The van der Waals surface area contributed by atoms with Crippen molar-refractivity contribution in [2.45, 2.75) is 38.5 Å². The highest BCUT2D eigenvalue weighted by atomic mass is 32.1. The number of carbonyl (C=O) groups is 1. The molecule has 1 aromatic rings. The Morgan fingerprint density at radius 2 is 2.12 bits per heavy atom. The number of nitrogens with zero attached hydrogens (tertiary/aromatic N) is 1. The average Bonchev–Trinajstić information content (AvgIpc) is 2.71. The molecule has 0 saturated heterocycles.